The standard InChI is InChI=1S/C22H23FN4O3S/c23-15-4-6-16(7-5-15)27-11-14(10-19(27)28)21(30)26-9-8-17-18(12-26)31-22(24-17)25-20(29)13-2-1-3-13/h4-7,13-14H,1-3,8-12H2,(H,24,25,29). The molecule has 1 saturated heterocycles. The van der Waals surface area contributed by atoms with Gasteiger partial charge in [-0.3, -0.25) is 14.4 Å². The number of fused-ring (bicyclic) bond motifs is 1. The fourth-order valence-electron chi connectivity index (χ4n) is 4.32. The maximum atomic E-state index is 13.2. The Morgan fingerprint density at radius 3 is 2.65 bits per heavy atom. The summed E-state index contributed by atoms with van der Waals surface area (Å²) in [7, 11) is 0. The third-order valence-corrected chi connectivity index (χ3v) is 7.36. The predicted octanol–water partition coefficient (Wildman–Crippen LogP) is 2.96. The van der Waals surface area contributed by atoms with Gasteiger partial charge in [0.2, 0.25) is 17.7 Å². The highest BCUT2D eigenvalue weighted by molar-refractivity contribution is 7.15. The van der Waals surface area contributed by atoms with E-state index < -0.39 is 5.92 Å². The zero-order valence-corrected chi connectivity index (χ0v) is 17.8. The molecule has 3 amide bonds. The highest BCUT2D eigenvalue weighted by Crippen LogP contribution is 2.33. The normalized spacial score (nSPS) is 21.1. The molecular formula is C22H23FN4O3S. The van der Waals surface area contributed by atoms with Gasteiger partial charge in [0, 0.05) is 42.4 Å². The van der Waals surface area contributed by atoms with Gasteiger partial charge in [0.25, 0.3) is 0 Å². The average Bonchev–Trinajstić information content (AvgIpc) is 3.28. The largest absolute Gasteiger partial charge is 0.337 e. The fraction of sp³-hybridized carbons (Fsp3) is 0.455. The molecule has 1 unspecified atom stereocenters. The second-order valence-corrected chi connectivity index (χ2v) is 9.48. The van der Waals surface area contributed by atoms with Crippen molar-refractivity contribution >= 4 is 39.9 Å². The lowest BCUT2D eigenvalue weighted by Gasteiger charge is -2.28. The van der Waals surface area contributed by atoms with Gasteiger partial charge >= 0.3 is 0 Å². The molecule has 2 aromatic rings. The number of amides is 3. The van der Waals surface area contributed by atoms with Crippen LogP contribution in [-0.4, -0.2) is 40.7 Å². The minimum Gasteiger partial charge on any atom is -0.337 e. The number of nitrogens with zero attached hydrogens (tertiary/aromatic N) is 3. The second-order valence-electron chi connectivity index (χ2n) is 8.40. The van der Waals surface area contributed by atoms with Crippen molar-refractivity contribution in [1.29, 1.82) is 0 Å². The third-order valence-electron chi connectivity index (χ3n) is 6.36. The van der Waals surface area contributed by atoms with Crippen LogP contribution in [0.4, 0.5) is 15.2 Å². The van der Waals surface area contributed by atoms with Crippen molar-refractivity contribution < 1.29 is 18.8 Å². The third kappa shape index (κ3) is 3.94. The van der Waals surface area contributed by atoms with Crippen molar-refractivity contribution in [3.05, 3.63) is 40.7 Å². The first-order chi connectivity index (χ1) is 15.0. The number of halogens is 1. The SMILES string of the molecule is O=C(Nc1nc2c(s1)CN(C(=O)C1CC(=O)N(c3ccc(F)cc3)C1)CC2)C1CCC1. The van der Waals surface area contributed by atoms with Gasteiger partial charge in [-0.15, -0.1) is 0 Å². The molecule has 162 valence electrons. The van der Waals surface area contributed by atoms with E-state index in [-0.39, 0.29) is 35.9 Å². The second kappa shape index (κ2) is 8.03. The number of rotatable bonds is 4. The van der Waals surface area contributed by atoms with Crippen molar-refractivity contribution in [2.75, 3.05) is 23.3 Å². The predicted molar refractivity (Wildman–Crippen MR) is 114 cm³/mol. The first-order valence-corrected chi connectivity index (χ1v) is 11.4. The molecule has 31 heavy (non-hydrogen) atoms. The Labute approximate surface area is 183 Å². The van der Waals surface area contributed by atoms with Gasteiger partial charge in [-0.25, -0.2) is 9.37 Å². The molecular weight excluding hydrogens is 419 g/mol. The minimum atomic E-state index is -0.412. The minimum absolute atomic E-state index is 0.0376. The van der Waals surface area contributed by atoms with Gasteiger partial charge in [-0.2, -0.15) is 0 Å². The van der Waals surface area contributed by atoms with Gasteiger partial charge < -0.3 is 15.1 Å². The van der Waals surface area contributed by atoms with E-state index in [9.17, 15) is 18.8 Å². The molecule has 1 aromatic heterocycles. The number of thiazole rings is 1. The lowest BCUT2D eigenvalue weighted by atomic mass is 9.85. The van der Waals surface area contributed by atoms with Gasteiger partial charge in [0.05, 0.1) is 18.2 Å². The molecule has 0 radical (unpaired) electrons. The van der Waals surface area contributed by atoms with Crippen LogP contribution in [0.5, 0.6) is 0 Å². The maximum absolute atomic E-state index is 13.2. The maximum Gasteiger partial charge on any atom is 0.229 e. The number of benzene rings is 1. The van der Waals surface area contributed by atoms with Crippen LogP contribution in [0.1, 0.15) is 36.3 Å². The van der Waals surface area contributed by atoms with E-state index in [2.05, 4.69) is 10.3 Å². The van der Waals surface area contributed by atoms with Crippen molar-refractivity contribution in [3.8, 4) is 0 Å². The quantitative estimate of drug-likeness (QED) is 0.789. The molecule has 2 fully saturated rings. The number of carbonyl (C=O) groups excluding carboxylic acids is 3. The van der Waals surface area contributed by atoms with Gasteiger partial charge in [-0.1, -0.05) is 17.8 Å². The van der Waals surface area contributed by atoms with E-state index in [1.165, 1.54) is 23.5 Å². The van der Waals surface area contributed by atoms with E-state index in [1.807, 2.05) is 0 Å². The summed E-state index contributed by atoms with van der Waals surface area (Å²) < 4.78 is 13.2. The van der Waals surface area contributed by atoms with Crippen LogP contribution in [-0.2, 0) is 27.3 Å². The molecule has 1 atom stereocenters. The summed E-state index contributed by atoms with van der Waals surface area (Å²) in [6.45, 7) is 1.30. The van der Waals surface area contributed by atoms with Crippen LogP contribution in [0.3, 0.4) is 0 Å². The Kier molecular flexibility index (Phi) is 5.21. The van der Waals surface area contributed by atoms with Gasteiger partial charge in [-0.05, 0) is 37.1 Å². The number of carbonyl (C=O) groups is 3. The Morgan fingerprint density at radius 1 is 1.16 bits per heavy atom. The van der Waals surface area contributed by atoms with E-state index in [0.717, 1.165) is 29.8 Å². The molecule has 2 aliphatic heterocycles. The molecule has 0 bridgehead atoms. The number of hydrogen-bond donors (Lipinski definition) is 1. The highest BCUT2D eigenvalue weighted by atomic mass is 32.1. The average molecular weight is 443 g/mol. The first-order valence-electron chi connectivity index (χ1n) is 10.6. The van der Waals surface area contributed by atoms with E-state index in [4.69, 9.17) is 0 Å². The zero-order chi connectivity index (χ0) is 21.5. The van der Waals surface area contributed by atoms with Crippen LogP contribution >= 0.6 is 11.3 Å². The number of hydrogen-bond acceptors (Lipinski definition) is 5. The molecule has 0 spiro atoms. The summed E-state index contributed by atoms with van der Waals surface area (Å²) in [5, 5.41) is 3.53. The molecule has 1 saturated carbocycles. The van der Waals surface area contributed by atoms with Gasteiger partial charge in [0.15, 0.2) is 5.13 Å². The molecule has 3 heterocycles. The lowest BCUT2D eigenvalue weighted by Crippen LogP contribution is -2.40. The van der Waals surface area contributed by atoms with E-state index in [0.29, 0.717) is 36.9 Å². The summed E-state index contributed by atoms with van der Waals surface area (Å²) in [6, 6.07) is 5.75. The van der Waals surface area contributed by atoms with E-state index >= 15 is 0 Å². The Balaban J connectivity index is 1.23. The smallest absolute Gasteiger partial charge is 0.229 e. The van der Waals surface area contributed by atoms with E-state index in [1.54, 1.807) is 21.9 Å². The molecule has 7 nitrogen and oxygen atoms in total. The van der Waals surface area contributed by atoms with Gasteiger partial charge in [0.1, 0.15) is 5.82 Å². The number of anilines is 2. The Bertz CT molecular complexity index is 1030. The summed E-state index contributed by atoms with van der Waals surface area (Å²) >= 11 is 1.43. The number of nitrogens with one attached hydrogen (secondary N) is 1. The lowest BCUT2D eigenvalue weighted by molar-refractivity contribution is -0.136. The molecule has 3 aliphatic rings. The molecule has 9 heteroatoms. The summed E-state index contributed by atoms with van der Waals surface area (Å²) in [5.41, 5.74) is 1.55. The topological polar surface area (TPSA) is 82.6 Å². The van der Waals surface area contributed by atoms with Crippen LogP contribution < -0.4 is 10.2 Å². The molecule has 5 rings (SSSR count). The number of aromatic nitrogens is 1. The summed E-state index contributed by atoms with van der Waals surface area (Å²) in [5.74, 6) is -0.804. The summed E-state index contributed by atoms with van der Waals surface area (Å²) in [6.07, 6.45) is 3.78. The monoisotopic (exact) mass is 442 g/mol. The van der Waals surface area contributed by atoms with Crippen molar-refractivity contribution in [1.82, 2.24) is 9.88 Å². The van der Waals surface area contributed by atoms with Crippen LogP contribution in [0.25, 0.3) is 0 Å². The van der Waals surface area contributed by atoms with Crippen molar-refractivity contribution in [3.63, 3.8) is 0 Å². The Hall–Kier alpha value is -2.81. The molecule has 1 N–H and O–H groups in total. The van der Waals surface area contributed by atoms with Crippen LogP contribution in [0.15, 0.2) is 24.3 Å². The molecule has 1 aliphatic carbocycles. The van der Waals surface area contributed by atoms with Crippen LogP contribution in [0, 0.1) is 17.7 Å². The van der Waals surface area contributed by atoms with Crippen molar-refractivity contribution in [2.45, 2.75) is 38.6 Å². The first kappa shape index (κ1) is 20.1. The van der Waals surface area contributed by atoms with Crippen molar-refractivity contribution in [2.24, 2.45) is 11.8 Å². The highest BCUT2D eigenvalue weighted by Gasteiger charge is 2.38. The zero-order valence-electron chi connectivity index (χ0n) is 17.0. The fourth-order valence-corrected chi connectivity index (χ4v) is 5.34. The Morgan fingerprint density at radius 2 is 1.94 bits per heavy atom. The summed E-state index contributed by atoms with van der Waals surface area (Å²) in [4.78, 5) is 46.6. The molecule has 1 aromatic carbocycles. The van der Waals surface area contributed by atoms with Crippen LogP contribution in [0.2, 0.25) is 0 Å².